The van der Waals surface area contributed by atoms with Crippen LogP contribution in [0.5, 0.6) is 17.2 Å². The molecule has 3 aromatic carbocycles. The van der Waals surface area contributed by atoms with Crippen molar-refractivity contribution in [3.8, 4) is 17.2 Å². The van der Waals surface area contributed by atoms with Crippen LogP contribution in [0.15, 0.2) is 77.7 Å². The summed E-state index contributed by atoms with van der Waals surface area (Å²) in [6, 6.07) is 19.3. The molecule has 0 fully saturated rings. The number of methoxy groups -OCH3 is 2. The first-order chi connectivity index (χ1) is 16.3. The minimum absolute atomic E-state index is 0.0161. The third kappa shape index (κ3) is 6.55. The third-order valence-corrected chi connectivity index (χ3v) is 6.79. The fraction of sp³-hybridized carbons (Fsp3) is 0.208. The lowest BCUT2D eigenvalue weighted by Gasteiger charge is -2.24. The number of benzene rings is 3. The van der Waals surface area contributed by atoms with E-state index in [2.05, 4.69) is 5.32 Å². The Morgan fingerprint density at radius 2 is 1.59 bits per heavy atom. The van der Waals surface area contributed by atoms with Crippen LogP contribution in [0.2, 0.25) is 5.02 Å². The van der Waals surface area contributed by atoms with Crippen LogP contribution in [0.1, 0.15) is 0 Å². The Hall–Kier alpha value is -3.43. The van der Waals surface area contributed by atoms with Crippen LogP contribution in [0, 0.1) is 0 Å². The molecule has 0 saturated carbocycles. The minimum Gasteiger partial charge on any atom is -0.497 e. The minimum atomic E-state index is -4.06. The van der Waals surface area contributed by atoms with Crippen LogP contribution in [-0.4, -0.2) is 48.2 Å². The Labute approximate surface area is 204 Å². The van der Waals surface area contributed by atoms with Crippen LogP contribution < -0.4 is 23.8 Å². The molecule has 3 rings (SSSR count). The summed E-state index contributed by atoms with van der Waals surface area (Å²) in [7, 11) is -1.01. The van der Waals surface area contributed by atoms with Gasteiger partial charge in [-0.15, -0.1) is 0 Å². The molecule has 0 aliphatic rings. The van der Waals surface area contributed by atoms with Crippen molar-refractivity contribution in [2.75, 3.05) is 38.2 Å². The summed E-state index contributed by atoms with van der Waals surface area (Å²) in [5, 5.41) is 3.03. The number of halogens is 1. The largest absolute Gasteiger partial charge is 0.497 e. The molecule has 0 radical (unpaired) electrons. The molecule has 34 heavy (non-hydrogen) atoms. The molecular formula is C24H25ClN2O6S. The zero-order chi connectivity index (χ0) is 24.6. The Balaban J connectivity index is 1.70. The van der Waals surface area contributed by atoms with Crippen LogP contribution in [0.4, 0.5) is 5.69 Å². The van der Waals surface area contributed by atoms with Gasteiger partial charge >= 0.3 is 0 Å². The number of carbonyl (C=O) groups is 1. The van der Waals surface area contributed by atoms with E-state index >= 15 is 0 Å². The number of hydrogen-bond acceptors (Lipinski definition) is 6. The fourth-order valence-electron chi connectivity index (χ4n) is 3.06. The number of amides is 1. The molecule has 0 aliphatic carbocycles. The van der Waals surface area contributed by atoms with E-state index < -0.39 is 22.5 Å². The molecule has 0 unspecified atom stereocenters. The third-order valence-electron chi connectivity index (χ3n) is 4.76. The fourth-order valence-corrected chi connectivity index (χ4v) is 4.66. The predicted molar refractivity (Wildman–Crippen MR) is 130 cm³/mol. The van der Waals surface area contributed by atoms with E-state index in [1.54, 1.807) is 61.7 Å². The molecule has 1 amide bonds. The molecule has 0 aliphatic heterocycles. The van der Waals surface area contributed by atoms with Crippen molar-refractivity contribution in [1.82, 2.24) is 5.32 Å². The Kier molecular flexibility index (Phi) is 8.61. The van der Waals surface area contributed by atoms with E-state index in [1.807, 2.05) is 0 Å². The van der Waals surface area contributed by atoms with Gasteiger partial charge in [0.1, 0.15) is 30.4 Å². The van der Waals surface area contributed by atoms with Crippen molar-refractivity contribution in [1.29, 1.82) is 0 Å². The van der Waals surface area contributed by atoms with E-state index in [4.69, 9.17) is 25.8 Å². The van der Waals surface area contributed by atoms with Gasteiger partial charge < -0.3 is 19.5 Å². The highest BCUT2D eigenvalue weighted by Gasteiger charge is 2.27. The second-order valence-electron chi connectivity index (χ2n) is 7.04. The van der Waals surface area contributed by atoms with Gasteiger partial charge in [0.25, 0.3) is 10.0 Å². The molecule has 0 atom stereocenters. The highest BCUT2D eigenvalue weighted by Crippen LogP contribution is 2.27. The number of nitrogens with zero attached hydrogens (tertiary/aromatic N) is 1. The SMILES string of the molecule is COc1ccc(S(=O)(=O)N(CC(=O)NCCOc2cccc(OC)c2)c2cccc(Cl)c2)cc1. The normalized spacial score (nSPS) is 10.9. The smallest absolute Gasteiger partial charge is 0.264 e. The van der Waals surface area contributed by atoms with Crippen molar-refractivity contribution in [3.05, 3.63) is 77.8 Å². The van der Waals surface area contributed by atoms with Crippen molar-refractivity contribution in [3.63, 3.8) is 0 Å². The first-order valence-electron chi connectivity index (χ1n) is 10.3. The average molecular weight is 505 g/mol. The van der Waals surface area contributed by atoms with Gasteiger partial charge in [0.15, 0.2) is 0 Å². The molecular weight excluding hydrogens is 480 g/mol. The molecule has 8 nitrogen and oxygen atoms in total. The van der Waals surface area contributed by atoms with Crippen molar-refractivity contribution in [2.24, 2.45) is 0 Å². The lowest BCUT2D eigenvalue weighted by molar-refractivity contribution is -0.119. The van der Waals surface area contributed by atoms with Crippen LogP contribution in [0.25, 0.3) is 0 Å². The average Bonchev–Trinajstić information content (AvgIpc) is 2.85. The van der Waals surface area contributed by atoms with Gasteiger partial charge in [-0.3, -0.25) is 9.10 Å². The lowest BCUT2D eigenvalue weighted by Crippen LogP contribution is -2.41. The Morgan fingerprint density at radius 3 is 2.26 bits per heavy atom. The zero-order valence-corrected chi connectivity index (χ0v) is 20.3. The summed E-state index contributed by atoms with van der Waals surface area (Å²) in [4.78, 5) is 12.7. The molecule has 0 heterocycles. The summed E-state index contributed by atoms with van der Waals surface area (Å²) in [6.45, 7) is -0.0584. The molecule has 0 bridgehead atoms. The monoisotopic (exact) mass is 504 g/mol. The quantitative estimate of drug-likeness (QED) is 0.400. The Bertz CT molecular complexity index is 1220. The van der Waals surface area contributed by atoms with Gasteiger partial charge in [-0.1, -0.05) is 23.7 Å². The first-order valence-corrected chi connectivity index (χ1v) is 12.1. The second kappa shape index (κ2) is 11.6. The van der Waals surface area contributed by atoms with Gasteiger partial charge in [-0.05, 0) is 54.6 Å². The molecule has 180 valence electrons. The van der Waals surface area contributed by atoms with E-state index in [9.17, 15) is 13.2 Å². The van der Waals surface area contributed by atoms with Crippen molar-refractivity contribution >= 4 is 33.2 Å². The van der Waals surface area contributed by atoms with E-state index in [-0.39, 0.29) is 23.7 Å². The summed E-state index contributed by atoms with van der Waals surface area (Å²) in [6.07, 6.45) is 0. The summed E-state index contributed by atoms with van der Waals surface area (Å²) >= 11 is 6.08. The lowest BCUT2D eigenvalue weighted by atomic mass is 10.3. The summed E-state index contributed by atoms with van der Waals surface area (Å²) < 4.78 is 43.6. The van der Waals surface area contributed by atoms with Crippen LogP contribution >= 0.6 is 11.6 Å². The maximum Gasteiger partial charge on any atom is 0.264 e. The van der Waals surface area contributed by atoms with Gasteiger partial charge in [0.05, 0.1) is 31.3 Å². The van der Waals surface area contributed by atoms with Gasteiger partial charge in [-0.2, -0.15) is 0 Å². The van der Waals surface area contributed by atoms with Crippen LogP contribution in [0.3, 0.4) is 0 Å². The number of ether oxygens (including phenoxy) is 3. The number of rotatable bonds is 11. The predicted octanol–water partition coefficient (Wildman–Crippen LogP) is 3.75. The van der Waals surface area contributed by atoms with Crippen molar-refractivity contribution in [2.45, 2.75) is 4.90 Å². The van der Waals surface area contributed by atoms with E-state index in [1.165, 1.54) is 25.3 Å². The molecule has 0 aromatic heterocycles. The van der Waals surface area contributed by atoms with Gasteiger partial charge in [0.2, 0.25) is 5.91 Å². The second-order valence-corrected chi connectivity index (χ2v) is 9.34. The topological polar surface area (TPSA) is 94.2 Å². The number of carbonyl (C=O) groups excluding carboxylic acids is 1. The van der Waals surface area contributed by atoms with E-state index in [0.29, 0.717) is 22.3 Å². The maximum atomic E-state index is 13.4. The number of sulfonamides is 1. The summed E-state index contributed by atoms with van der Waals surface area (Å²) in [5.41, 5.74) is 0.270. The van der Waals surface area contributed by atoms with Crippen molar-refractivity contribution < 1.29 is 27.4 Å². The highest BCUT2D eigenvalue weighted by molar-refractivity contribution is 7.92. The molecule has 1 N–H and O–H groups in total. The molecule has 0 spiro atoms. The van der Waals surface area contributed by atoms with E-state index in [0.717, 1.165) is 4.31 Å². The molecule has 10 heteroatoms. The summed E-state index contributed by atoms with van der Waals surface area (Å²) in [5.74, 6) is 1.27. The number of hydrogen-bond donors (Lipinski definition) is 1. The van der Waals surface area contributed by atoms with Gasteiger partial charge in [0, 0.05) is 11.1 Å². The van der Waals surface area contributed by atoms with Gasteiger partial charge in [-0.25, -0.2) is 8.42 Å². The zero-order valence-electron chi connectivity index (χ0n) is 18.7. The number of anilines is 1. The molecule has 0 saturated heterocycles. The maximum absolute atomic E-state index is 13.4. The molecule has 3 aromatic rings. The first kappa shape index (κ1) is 25.2. The highest BCUT2D eigenvalue weighted by atomic mass is 35.5. The van der Waals surface area contributed by atoms with Crippen LogP contribution in [-0.2, 0) is 14.8 Å². The standard InChI is InChI=1S/C24H25ClN2O6S/c1-31-20-9-11-23(12-10-20)34(29,30)27(19-6-3-5-18(25)15-19)17-24(28)26-13-14-33-22-8-4-7-21(16-22)32-2/h3-12,15-16H,13-14,17H2,1-2H3,(H,26,28). The Morgan fingerprint density at radius 1 is 0.912 bits per heavy atom. The number of nitrogens with one attached hydrogen (secondary N) is 1.